The summed E-state index contributed by atoms with van der Waals surface area (Å²) in [4.78, 5) is 0.300. The van der Waals surface area contributed by atoms with Crippen molar-refractivity contribution in [3.63, 3.8) is 0 Å². The SMILES string of the molecule is O=S(=O)(NCc1ccc2c(c1)OCO2)c1ccc(Cc2ccc(S(=O)(=O)NCc3ccc4c(c3)OCO4)cc2)cc1. The van der Waals surface area contributed by atoms with Gasteiger partial charge in [0.05, 0.1) is 9.79 Å². The summed E-state index contributed by atoms with van der Waals surface area (Å²) in [5, 5.41) is 0. The van der Waals surface area contributed by atoms with Crippen molar-refractivity contribution in [3.8, 4) is 23.0 Å². The van der Waals surface area contributed by atoms with Crippen LogP contribution in [0.4, 0.5) is 0 Å². The zero-order valence-electron chi connectivity index (χ0n) is 21.7. The second-order valence-corrected chi connectivity index (χ2v) is 13.0. The second kappa shape index (κ2) is 11.1. The minimum absolute atomic E-state index is 0.113. The monoisotopic (exact) mass is 594 g/mol. The smallest absolute Gasteiger partial charge is 0.240 e. The molecule has 6 rings (SSSR count). The third kappa shape index (κ3) is 6.15. The van der Waals surface area contributed by atoms with Crippen LogP contribution in [0.1, 0.15) is 22.3 Å². The Morgan fingerprint density at radius 2 is 0.854 bits per heavy atom. The maximum atomic E-state index is 12.8. The molecule has 2 aliphatic heterocycles. The molecular weight excluding hydrogens is 568 g/mol. The van der Waals surface area contributed by atoms with Gasteiger partial charge in [0.15, 0.2) is 23.0 Å². The van der Waals surface area contributed by atoms with E-state index in [9.17, 15) is 16.8 Å². The van der Waals surface area contributed by atoms with Gasteiger partial charge in [-0.25, -0.2) is 26.3 Å². The van der Waals surface area contributed by atoms with Crippen LogP contribution in [0, 0.1) is 0 Å². The van der Waals surface area contributed by atoms with E-state index in [4.69, 9.17) is 18.9 Å². The van der Waals surface area contributed by atoms with Gasteiger partial charge in [0.2, 0.25) is 33.6 Å². The minimum Gasteiger partial charge on any atom is -0.454 e. The highest BCUT2D eigenvalue weighted by Crippen LogP contribution is 2.33. The Morgan fingerprint density at radius 1 is 0.488 bits per heavy atom. The molecule has 10 nitrogen and oxygen atoms in total. The summed E-state index contributed by atoms with van der Waals surface area (Å²) >= 11 is 0. The van der Waals surface area contributed by atoms with Crippen molar-refractivity contribution in [2.24, 2.45) is 0 Å². The lowest BCUT2D eigenvalue weighted by molar-refractivity contribution is 0.173. The fourth-order valence-electron chi connectivity index (χ4n) is 4.43. The molecule has 0 saturated carbocycles. The molecule has 0 bridgehead atoms. The molecule has 0 saturated heterocycles. The number of ether oxygens (including phenoxy) is 4. The van der Waals surface area contributed by atoms with Gasteiger partial charge in [0, 0.05) is 13.1 Å². The topological polar surface area (TPSA) is 129 Å². The van der Waals surface area contributed by atoms with Crippen LogP contribution < -0.4 is 28.4 Å². The van der Waals surface area contributed by atoms with E-state index in [0.717, 1.165) is 22.3 Å². The van der Waals surface area contributed by atoms with Crippen LogP contribution in [0.3, 0.4) is 0 Å². The molecule has 2 heterocycles. The average Bonchev–Trinajstić information content (AvgIpc) is 3.65. The van der Waals surface area contributed by atoms with Gasteiger partial charge in [0.25, 0.3) is 0 Å². The van der Waals surface area contributed by atoms with E-state index in [-0.39, 0.29) is 36.5 Å². The summed E-state index contributed by atoms with van der Waals surface area (Å²) in [7, 11) is -7.44. The number of hydrogen-bond donors (Lipinski definition) is 2. The van der Waals surface area contributed by atoms with E-state index in [0.29, 0.717) is 29.4 Å². The number of nitrogens with one attached hydrogen (secondary N) is 2. The largest absolute Gasteiger partial charge is 0.454 e. The first-order chi connectivity index (χ1) is 19.7. The molecule has 0 atom stereocenters. The first-order valence-electron chi connectivity index (χ1n) is 12.7. The molecule has 2 aliphatic rings. The molecule has 4 aromatic rings. The summed E-state index contributed by atoms with van der Waals surface area (Å²) < 4.78 is 77.6. The summed E-state index contributed by atoms with van der Waals surface area (Å²) in [6.07, 6.45) is 0.510. The molecule has 0 aliphatic carbocycles. The van der Waals surface area contributed by atoms with Crippen LogP contribution in [0.5, 0.6) is 23.0 Å². The number of fused-ring (bicyclic) bond motifs is 2. The van der Waals surface area contributed by atoms with Gasteiger partial charge in [-0.1, -0.05) is 36.4 Å². The van der Waals surface area contributed by atoms with E-state index >= 15 is 0 Å². The van der Waals surface area contributed by atoms with Crippen molar-refractivity contribution in [3.05, 3.63) is 107 Å². The fraction of sp³-hybridized carbons (Fsp3) is 0.172. The van der Waals surface area contributed by atoms with E-state index < -0.39 is 20.0 Å². The predicted octanol–water partition coefficient (Wildman–Crippen LogP) is 3.69. The average molecular weight is 595 g/mol. The Bertz CT molecular complexity index is 1660. The third-order valence-corrected chi connectivity index (χ3v) is 9.52. The minimum atomic E-state index is -3.72. The van der Waals surface area contributed by atoms with E-state index in [1.807, 2.05) is 0 Å². The highest BCUT2D eigenvalue weighted by Gasteiger charge is 2.18. The van der Waals surface area contributed by atoms with Gasteiger partial charge in [-0.15, -0.1) is 0 Å². The third-order valence-electron chi connectivity index (χ3n) is 6.68. The Morgan fingerprint density at radius 3 is 1.27 bits per heavy atom. The molecular formula is C29H26N2O8S2. The number of sulfonamides is 2. The van der Waals surface area contributed by atoms with E-state index in [1.165, 1.54) is 0 Å². The number of hydrogen-bond acceptors (Lipinski definition) is 8. The molecule has 0 fully saturated rings. The lowest BCUT2D eigenvalue weighted by Crippen LogP contribution is -2.23. The van der Waals surface area contributed by atoms with Crippen molar-refractivity contribution >= 4 is 20.0 Å². The molecule has 2 N–H and O–H groups in total. The maximum Gasteiger partial charge on any atom is 0.240 e. The molecule has 41 heavy (non-hydrogen) atoms. The quantitative estimate of drug-likeness (QED) is 0.285. The van der Waals surface area contributed by atoms with Crippen LogP contribution in [0.15, 0.2) is 94.7 Å². The van der Waals surface area contributed by atoms with Crippen LogP contribution in [-0.4, -0.2) is 30.4 Å². The van der Waals surface area contributed by atoms with Crippen molar-refractivity contribution in [2.45, 2.75) is 29.3 Å². The van der Waals surface area contributed by atoms with Gasteiger partial charge >= 0.3 is 0 Å². The standard InChI is InChI=1S/C29H26N2O8S2/c32-40(33,30-16-22-5-11-26-28(14-22)38-18-36-26)24-7-1-20(2-8-24)13-21-3-9-25(10-4-21)41(34,35)31-17-23-6-12-27-29(15-23)39-19-37-27/h1-12,14-15,30-31H,13,16-19H2. The molecule has 0 unspecified atom stereocenters. The van der Waals surface area contributed by atoms with E-state index in [2.05, 4.69) is 9.44 Å². The van der Waals surface area contributed by atoms with Crippen LogP contribution in [0.25, 0.3) is 0 Å². The van der Waals surface area contributed by atoms with Crippen molar-refractivity contribution in [2.75, 3.05) is 13.6 Å². The van der Waals surface area contributed by atoms with Crippen molar-refractivity contribution in [1.29, 1.82) is 0 Å². The lowest BCUT2D eigenvalue weighted by atomic mass is 10.1. The normalized spacial score (nSPS) is 13.9. The number of rotatable bonds is 10. The van der Waals surface area contributed by atoms with Crippen LogP contribution >= 0.6 is 0 Å². The molecule has 0 spiro atoms. The summed E-state index contributed by atoms with van der Waals surface area (Å²) in [6, 6.07) is 23.7. The molecule has 12 heteroatoms. The van der Waals surface area contributed by atoms with Gasteiger partial charge in [0.1, 0.15) is 0 Å². The van der Waals surface area contributed by atoms with Gasteiger partial charge < -0.3 is 18.9 Å². The first kappa shape index (κ1) is 27.1. The first-order valence-corrected chi connectivity index (χ1v) is 15.7. The summed E-state index contributed by atoms with van der Waals surface area (Å²) in [6.45, 7) is 0.532. The molecule has 0 amide bonds. The van der Waals surface area contributed by atoms with Crippen LogP contribution in [-0.2, 0) is 39.6 Å². The Kier molecular flexibility index (Phi) is 7.30. The molecule has 0 aromatic heterocycles. The summed E-state index contributed by atoms with van der Waals surface area (Å²) in [5.74, 6) is 2.46. The van der Waals surface area contributed by atoms with Crippen molar-refractivity contribution < 1.29 is 35.8 Å². The van der Waals surface area contributed by atoms with Crippen LogP contribution in [0.2, 0.25) is 0 Å². The zero-order valence-corrected chi connectivity index (χ0v) is 23.3. The Balaban J connectivity index is 1.04. The second-order valence-electron chi connectivity index (χ2n) is 9.49. The zero-order chi connectivity index (χ0) is 28.5. The highest BCUT2D eigenvalue weighted by molar-refractivity contribution is 7.89. The molecule has 4 aromatic carbocycles. The maximum absolute atomic E-state index is 12.8. The lowest BCUT2D eigenvalue weighted by Gasteiger charge is -2.10. The van der Waals surface area contributed by atoms with E-state index in [1.54, 1.807) is 84.9 Å². The van der Waals surface area contributed by atoms with Crippen molar-refractivity contribution in [1.82, 2.24) is 9.44 Å². The molecule has 0 radical (unpaired) electrons. The Hall–Kier alpha value is -4.10. The van der Waals surface area contributed by atoms with Gasteiger partial charge in [-0.2, -0.15) is 0 Å². The Labute approximate surface area is 237 Å². The molecule has 212 valence electrons. The fourth-order valence-corrected chi connectivity index (χ4v) is 6.47. The predicted molar refractivity (Wildman–Crippen MR) is 149 cm³/mol. The highest BCUT2D eigenvalue weighted by atomic mass is 32.2. The van der Waals surface area contributed by atoms with Gasteiger partial charge in [-0.05, 0) is 77.2 Å². The summed E-state index contributed by atoms with van der Waals surface area (Å²) in [5.41, 5.74) is 3.28. The number of benzene rings is 4. The van der Waals surface area contributed by atoms with Gasteiger partial charge in [-0.3, -0.25) is 0 Å².